The zero-order chi connectivity index (χ0) is 13.9. The molecule has 1 aromatic carbocycles. The van der Waals surface area contributed by atoms with Crippen LogP contribution < -0.4 is 4.74 Å². The number of alkyl halides is 1. The van der Waals surface area contributed by atoms with Gasteiger partial charge in [0.1, 0.15) is 5.75 Å². The lowest BCUT2D eigenvalue weighted by Crippen LogP contribution is -2.08. The Balaban J connectivity index is 3.25. The van der Waals surface area contributed by atoms with Crippen LogP contribution >= 0.6 is 11.6 Å². The summed E-state index contributed by atoms with van der Waals surface area (Å²) in [5.74, 6) is -0.00776. The van der Waals surface area contributed by atoms with Gasteiger partial charge in [0.25, 0.3) is 5.69 Å². The van der Waals surface area contributed by atoms with Crippen LogP contribution in [0.15, 0.2) is 18.2 Å². The number of benzene rings is 1. The standard InChI is InChI=1S/C11H12ClNO5/c1-6(2)10(12)8-5-7(13(16)17)3-4-9(8)18-11(14)15/h3-6,10H,1-2H3,(H,14,15). The first kappa shape index (κ1) is 14.2. The Morgan fingerprint density at radius 3 is 2.56 bits per heavy atom. The van der Waals surface area contributed by atoms with Gasteiger partial charge in [-0.1, -0.05) is 13.8 Å². The summed E-state index contributed by atoms with van der Waals surface area (Å²) < 4.78 is 4.56. The Bertz CT molecular complexity index is 475. The second-order valence-electron chi connectivity index (χ2n) is 3.99. The molecule has 0 saturated carbocycles. The van der Waals surface area contributed by atoms with Crippen LogP contribution in [0.4, 0.5) is 10.5 Å². The summed E-state index contributed by atoms with van der Waals surface area (Å²) in [6.07, 6.45) is -1.49. The number of carbonyl (C=O) groups is 1. The first-order valence-corrected chi connectivity index (χ1v) is 5.59. The van der Waals surface area contributed by atoms with E-state index in [9.17, 15) is 14.9 Å². The number of hydrogen-bond donors (Lipinski definition) is 1. The van der Waals surface area contributed by atoms with Crippen LogP contribution in [0.5, 0.6) is 5.75 Å². The van der Waals surface area contributed by atoms with E-state index >= 15 is 0 Å². The molecule has 0 aromatic heterocycles. The summed E-state index contributed by atoms with van der Waals surface area (Å²) >= 11 is 6.11. The second-order valence-corrected chi connectivity index (χ2v) is 4.46. The Morgan fingerprint density at radius 2 is 2.11 bits per heavy atom. The number of nitrogens with zero attached hydrogens (tertiary/aromatic N) is 1. The maximum absolute atomic E-state index is 10.7. The molecule has 0 aliphatic rings. The molecule has 0 aliphatic heterocycles. The molecule has 98 valence electrons. The lowest BCUT2D eigenvalue weighted by atomic mass is 10.0. The van der Waals surface area contributed by atoms with Crippen LogP contribution in [0.3, 0.4) is 0 Å². The summed E-state index contributed by atoms with van der Waals surface area (Å²) in [5, 5.41) is 18.7. The van der Waals surface area contributed by atoms with E-state index in [1.807, 2.05) is 13.8 Å². The van der Waals surface area contributed by atoms with E-state index in [4.69, 9.17) is 16.7 Å². The summed E-state index contributed by atoms with van der Waals surface area (Å²) in [6.45, 7) is 3.64. The highest BCUT2D eigenvalue weighted by molar-refractivity contribution is 6.21. The van der Waals surface area contributed by atoms with Crippen LogP contribution in [0.25, 0.3) is 0 Å². The predicted molar refractivity (Wildman–Crippen MR) is 65.2 cm³/mol. The SMILES string of the molecule is CC(C)C(Cl)c1cc([N+](=O)[O-])ccc1OC(=O)O. The largest absolute Gasteiger partial charge is 0.511 e. The Labute approximate surface area is 108 Å². The van der Waals surface area contributed by atoms with Crippen molar-refractivity contribution >= 4 is 23.4 Å². The molecule has 0 radical (unpaired) electrons. The second kappa shape index (κ2) is 5.68. The number of nitro groups is 1. The Hall–Kier alpha value is -1.82. The third-order valence-electron chi connectivity index (χ3n) is 2.28. The fourth-order valence-electron chi connectivity index (χ4n) is 1.41. The monoisotopic (exact) mass is 273 g/mol. The van der Waals surface area contributed by atoms with Crippen molar-refractivity contribution in [1.29, 1.82) is 0 Å². The zero-order valence-electron chi connectivity index (χ0n) is 9.79. The number of non-ortho nitro benzene ring substituents is 1. The summed E-state index contributed by atoms with van der Waals surface area (Å²) in [6, 6.07) is 3.64. The molecule has 0 aliphatic carbocycles. The van der Waals surface area contributed by atoms with Crippen molar-refractivity contribution in [2.24, 2.45) is 5.92 Å². The van der Waals surface area contributed by atoms with E-state index in [1.54, 1.807) is 0 Å². The minimum absolute atomic E-state index is 0.0156. The highest BCUT2D eigenvalue weighted by Crippen LogP contribution is 2.37. The van der Waals surface area contributed by atoms with Gasteiger partial charge in [0.05, 0.1) is 10.3 Å². The minimum atomic E-state index is -1.49. The molecule has 0 spiro atoms. The third kappa shape index (κ3) is 3.33. The predicted octanol–water partition coefficient (Wildman–Crippen LogP) is 3.59. The quantitative estimate of drug-likeness (QED) is 0.298. The van der Waals surface area contributed by atoms with Crippen LogP contribution in [-0.4, -0.2) is 16.2 Å². The van der Waals surface area contributed by atoms with Gasteiger partial charge >= 0.3 is 6.16 Å². The van der Waals surface area contributed by atoms with Gasteiger partial charge in [-0.3, -0.25) is 10.1 Å². The van der Waals surface area contributed by atoms with Crippen molar-refractivity contribution < 1.29 is 19.6 Å². The molecule has 18 heavy (non-hydrogen) atoms. The minimum Gasteiger partial charge on any atom is -0.449 e. The van der Waals surface area contributed by atoms with Crippen LogP contribution in [-0.2, 0) is 0 Å². The molecule has 0 saturated heterocycles. The summed E-state index contributed by atoms with van der Waals surface area (Å²) in [7, 11) is 0. The normalized spacial score (nSPS) is 12.2. The lowest BCUT2D eigenvalue weighted by Gasteiger charge is -2.16. The van der Waals surface area contributed by atoms with Gasteiger partial charge in [0.15, 0.2) is 0 Å². The molecule has 6 nitrogen and oxygen atoms in total. The average Bonchev–Trinajstić information content (AvgIpc) is 2.27. The van der Waals surface area contributed by atoms with Crippen molar-refractivity contribution in [3.63, 3.8) is 0 Å². The number of ether oxygens (including phenoxy) is 1. The lowest BCUT2D eigenvalue weighted by molar-refractivity contribution is -0.384. The molecule has 1 aromatic rings. The van der Waals surface area contributed by atoms with Crippen molar-refractivity contribution in [1.82, 2.24) is 0 Å². The van der Waals surface area contributed by atoms with E-state index < -0.39 is 16.5 Å². The molecule has 0 fully saturated rings. The molecule has 0 heterocycles. The molecule has 1 unspecified atom stereocenters. The number of rotatable bonds is 4. The number of hydrogen-bond acceptors (Lipinski definition) is 4. The van der Waals surface area contributed by atoms with Crippen molar-refractivity contribution in [3.05, 3.63) is 33.9 Å². The average molecular weight is 274 g/mol. The highest BCUT2D eigenvalue weighted by atomic mass is 35.5. The molecular formula is C11H12ClNO5. The number of nitro benzene ring substituents is 1. The first-order valence-electron chi connectivity index (χ1n) is 5.16. The summed E-state index contributed by atoms with van der Waals surface area (Å²) in [5.41, 5.74) is 0.136. The molecule has 1 atom stereocenters. The molecular weight excluding hydrogens is 262 g/mol. The molecule has 0 bridgehead atoms. The molecule has 7 heteroatoms. The van der Waals surface area contributed by atoms with Crippen molar-refractivity contribution in [2.75, 3.05) is 0 Å². The van der Waals surface area contributed by atoms with Crippen LogP contribution in [0.1, 0.15) is 24.8 Å². The Morgan fingerprint density at radius 1 is 1.50 bits per heavy atom. The van der Waals surface area contributed by atoms with E-state index in [-0.39, 0.29) is 17.4 Å². The number of halogens is 1. The van der Waals surface area contributed by atoms with Gasteiger partial charge in [0.2, 0.25) is 0 Å². The summed E-state index contributed by atoms with van der Waals surface area (Å²) in [4.78, 5) is 20.6. The van der Waals surface area contributed by atoms with E-state index in [0.29, 0.717) is 5.56 Å². The molecule has 0 amide bonds. The Kier molecular flexibility index (Phi) is 4.49. The van der Waals surface area contributed by atoms with Crippen molar-refractivity contribution in [3.8, 4) is 5.75 Å². The van der Waals surface area contributed by atoms with Gasteiger partial charge in [-0.05, 0) is 12.0 Å². The third-order valence-corrected chi connectivity index (χ3v) is 3.02. The topological polar surface area (TPSA) is 89.7 Å². The molecule has 1 rings (SSSR count). The maximum atomic E-state index is 10.7. The van der Waals surface area contributed by atoms with Crippen LogP contribution in [0, 0.1) is 16.0 Å². The molecule has 1 N–H and O–H groups in total. The fraction of sp³-hybridized carbons (Fsp3) is 0.364. The van der Waals surface area contributed by atoms with E-state index in [2.05, 4.69) is 4.74 Å². The first-order chi connectivity index (χ1) is 8.32. The van der Waals surface area contributed by atoms with Gasteiger partial charge < -0.3 is 9.84 Å². The van der Waals surface area contributed by atoms with E-state index in [0.717, 1.165) is 0 Å². The zero-order valence-corrected chi connectivity index (χ0v) is 10.5. The van der Waals surface area contributed by atoms with Crippen LogP contribution in [0.2, 0.25) is 0 Å². The van der Waals surface area contributed by atoms with Crippen molar-refractivity contribution in [2.45, 2.75) is 19.2 Å². The maximum Gasteiger partial charge on any atom is 0.511 e. The van der Waals surface area contributed by atoms with Gasteiger partial charge in [-0.2, -0.15) is 0 Å². The van der Waals surface area contributed by atoms with Gasteiger partial charge in [-0.15, -0.1) is 11.6 Å². The van der Waals surface area contributed by atoms with Gasteiger partial charge in [-0.25, -0.2) is 4.79 Å². The van der Waals surface area contributed by atoms with E-state index in [1.165, 1.54) is 18.2 Å². The van der Waals surface area contributed by atoms with Gasteiger partial charge in [0, 0.05) is 17.7 Å². The highest BCUT2D eigenvalue weighted by Gasteiger charge is 2.22. The number of carboxylic acid groups (broad SMARTS) is 1. The fourth-order valence-corrected chi connectivity index (χ4v) is 1.58. The smallest absolute Gasteiger partial charge is 0.449 e.